The molecule has 0 radical (unpaired) electrons. The van der Waals surface area contributed by atoms with Gasteiger partial charge < -0.3 is 20.1 Å². The molecule has 1 aromatic heterocycles. The molecule has 1 amide bonds. The van der Waals surface area contributed by atoms with Gasteiger partial charge >= 0.3 is 0 Å². The molecule has 0 saturated carbocycles. The summed E-state index contributed by atoms with van der Waals surface area (Å²) in [5, 5.41) is 15.1. The van der Waals surface area contributed by atoms with Gasteiger partial charge in [0.1, 0.15) is 11.5 Å². The SMILES string of the molecule is COc1ccc(OC)c(NC(=O)CSc2nnc(Nc3ccc(C)c(C)c3)s2)c1. The molecule has 0 aliphatic heterocycles. The zero-order valence-electron chi connectivity index (χ0n) is 16.6. The van der Waals surface area contributed by atoms with Crippen molar-refractivity contribution in [3.05, 3.63) is 47.5 Å². The fourth-order valence-electron chi connectivity index (χ4n) is 2.49. The Labute approximate surface area is 177 Å². The van der Waals surface area contributed by atoms with Crippen molar-refractivity contribution in [2.45, 2.75) is 18.2 Å². The summed E-state index contributed by atoms with van der Waals surface area (Å²) in [5.74, 6) is 1.25. The molecule has 1 heterocycles. The summed E-state index contributed by atoms with van der Waals surface area (Å²) in [7, 11) is 3.12. The summed E-state index contributed by atoms with van der Waals surface area (Å²) in [4.78, 5) is 12.3. The molecule has 0 bridgehead atoms. The van der Waals surface area contributed by atoms with Gasteiger partial charge in [0.15, 0.2) is 4.34 Å². The molecule has 9 heteroatoms. The Kier molecular flexibility index (Phi) is 6.95. The Bertz CT molecular complexity index is 1010. The molecule has 29 heavy (non-hydrogen) atoms. The fraction of sp³-hybridized carbons (Fsp3) is 0.250. The highest BCUT2D eigenvalue weighted by Crippen LogP contribution is 2.31. The summed E-state index contributed by atoms with van der Waals surface area (Å²) in [6.07, 6.45) is 0. The number of anilines is 3. The van der Waals surface area contributed by atoms with Gasteiger partial charge in [-0.3, -0.25) is 4.79 Å². The van der Waals surface area contributed by atoms with Crippen LogP contribution in [0.5, 0.6) is 11.5 Å². The van der Waals surface area contributed by atoms with Crippen LogP contribution in [0.2, 0.25) is 0 Å². The van der Waals surface area contributed by atoms with E-state index < -0.39 is 0 Å². The maximum Gasteiger partial charge on any atom is 0.234 e. The fourth-order valence-corrected chi connectivity index (χ4v) is 4.06. The number of amides is 1. The molecule has 7 nitrogen and oxygen atoms in total. The third-order valence-electron chi connectivity index (χ3n) is 4.17. The van der Waals surface area contributed by atoms with Crippen LogP contribution < -0.4 is 20.1 Å². The minimum Gasteiger partial charge on any atom is -0.497 e. The van der Waals surface area contributed by atoms with E-state index in [1.807, 2.05) is 6.07 Å². The van der Waals surface area contributed by atoms with E-state index in [2.05, 4.69) is 46.8 Å². The Hall–Kier alpha value is -2.78. The van der Waals surface area contributed by atoms with Crippen molar-refractivity contribution in [2.75, 3.05) is 30.6 Å². The second kappa shape index (κ2) is 9.62. The van der Waals surface area contributed by atoms with E-state index in [-0.39, 0.29) is 11.7 Å². The molecule has 0 saturated heterocycles. The highest BCUT2D eigenvalue weighted by atomic mass is 32.2. The summed E-state index contributed by atoms with van der Waals surface area (Å²) in [6, 6.07) is 11.4. The standard InChI is InChI=1S/C20H22N4O3S2/c1-12-5-6-14(9-13(12)2)21-19-23-24-20(29-19)28-11-18(25)22-16-10-15(26-3)7-8-17(16)27-4/h5-10H,11H2,1-4H3,(H,21,23)(H,22,25). The number of benzene rings is 2. The zero-order chi connectivity index (χ0) is 20.8. The molecule has 0 spiro atoms. The van der Waals surface area contributed by atoms with E-state index >= 15 is 0 Å². The molecule has 0 atom stereocenters. The summed E-state index contributed by atoms with van der Waals surface area (Å²) in [5.41, 5.74) is 3.97. The number of hydrogen-bond donors (Lipinski definition) is 2. The number of carbonyl (C=O) groups excluding carboxylic acids is 1. The molecule has 3 rings (SSSR count). The topological polar surface area (TPSA) is 85.4 Å². The van der Waals surface area contributed by atoms with Crippen LogP contribution >= 0.6 is 23.1 Å². The monoisotopic (exact) mass is 430 g/mol. The number of aryl methyl sites for hydroxylation is 2. The zero-order valence-corrected chi connectivity index (χ0v) is 18.2. The molecule has 152 valence electrons. The largest absolute Gasteiger partial charge is 0.497 e. The molecule has 0 unspecified atom stereocenters. The Morgan fingerprint density at radius 3 is 2.62 bits per heavy atom. The second-order valence-corrected chi connectivity index (χ2v) is 8.40. The predicted octanol–water partition coefficient (Wildman–Crippen LogP) is 4.65. The third-order valence-corrected chi connectivity index (χ3v) is 6.14. The number of rotatable bonds is 8. The Balaban J connectivity index is 1.56. The molecule has 3 aromatic rings. The van der Waals surface area contributed by atoms with Crippen LogP contribution in [0.25, 0.3) is 0 Å². The number of carbonyl (C=O) groups is 1. The van der Waals surface area contributed by atoms with Gasteiger partial charge in [0.2, 0.25) is 11.0 Å². The van der Waals surface area contributed by atoms with Gasteiger partial charge in [-0.15, -0.1) is 10.2 Å². The smallest absolute Gasteiger partial charge is 0.234 e. The number of aromatic nitrogens is 2. The van der Waals surface area contributed by atoms with Crippen molar-refractivity contribution in [2.24, 2.45) is 0 Å². The predicted molar refractivity (Wildman–Crippen MR) is 118 cm³/mol. The van der Waals surface area contributed by atoms with E-state index in [1.54, 1.807) is 32.4 Å². The molecule has 2 N–H and O–H groups in total. The first kappa shape index (κ1) is 20.9. The minimum absolute atomic E-state index is 0.166. The van der Waals surface area contributed by atoms with Gasteiger partial charge in [0.25, 0.3) is 0 Å². The summed E-state index contributed by atoms with van der Waals surface area (Å²) in [6.45, 7) is 4.14. The van der Waals surface area contributed by atoms with E-state index in [1.165, 1.54) is 34.2 Å². The van der Waals surface area contributed by atoms with E-state index in [0.717, 1.165) is 5.69 Å². The van der Waals surface area contributed by atoms with Gasteiger partial charge in [-0.1, -0.05) is 29.2 Å². The summed E-state index contributed by atoms with van der Waals surface area (Å²) >= 11 is 2.73. The van der Waals surface area contributed by atoms with Gasteiger partial charge in [-0.2, -0.15) is 0 Å². The highest BCUT2D eigenvalue weighted by molar-refractivity contribution is 8.01. The highest BCUT2D eigenvalue weighted by Gasteiger charge is 2.12. The van der Waals surface area contributed by atoms with Crippen LogP contribution in [0, 0.1) is 13.8 Å². The number of hydrogen-bond acceptors (Lipinski definition) is 8. The molecular weight excluding hydrogens is 408 g/mol. The normalized spacial score (nSPS) is 10.5. The quantitative estimate of drug-likeness (QED) is 0.503. The molecule has 0 fully saturated rings. The lowest BCUT2D eigenvalue weighted by Crippen LogP contribution is -2.14. The van der Waals surface area contributed by atoms with Crippen molar-refractivity contribution in [1.29, 1.82) is 0 Å². The lowest BCUT2D eigenvalue weighted by atomic mass is 10.1. The maximum atomic E-state index is 12.3. The number of nitrogens with zero attached hydrogens (tertiary/aromatic N) is 2. The number of thioether (sulfide) groups is 1. The van der Waals surface area contributed by atoms with Crippen LogP contribution in [0.4, 0.5) is 16.5 Å². The van der Waals surface area contributed by atoms with Gasteiger partial charge in [-0.25, -0.2) is 0 Å². The van der Waals surface area contributed by atoms with Crippen LogP contribution in [0.3, 0.4) is 0 Å². The molecular formula is C20H22N4O3S2. The molecule has 0 aliphatic carbocycles. The number of nitrogens with one attached hydrogen (secondary N) is 2. The van der Waals surface area contributed by atoms with Crippen molar-refractivity contribution in [3.8, 4) is 11.5 Å². The summed E-state index contributed by atoms with van der Waals surface area (Å²) < 4.78 is 11.2. The maximum absolute atomic E-state index is 12.3. The van der Waals surface area contributed by atoms with Crippen molar-refractivity contribution in [1.82, 2.24) is 10.2 Å². The van der Waals surface area contributed by atoms with Gasteiger partial charge in [-0.05, 0) is 49.2 Å². The number of ether oxygens (including phenoxy) is 2. The Morgan fingerprint density at radius 2 is 1.90 bits per heavy atom. The van der Waals surface area contributed by atoms with E-state index in [9.17, 15) is 4.79 Å². The lowest BCUT2D eigenvalue weighted by Gasteiger charge is -2.11. The first-order chi connectivity index (χ1) is 14.0. The third kappa shape index (κ3) is 5.61. The first-order valence-electron chi connectivity index (χ1n) is 8.81. The average molecular weight is 431 g/mol. The van der Waals surface area contributed by atoms with Crippen molar-refractivity contribution < 1.29 is 14.3 Å². The average Bonchev–Trinajstić information content (AvgIpc) is 3.16. The molecule has 2 aromatic carbocycles. The van der Waals surface area contributed by atoms with E-state index in [0.29, 0.717) is 26.7 Å². The van der Waals surface area contributed by atoms with Gasteiger partial charge in [0.05, 0.1) is 25.7 Å². The first-order valence-corrected chi connectivity index (χ1v) is 10.6. The lowest BCUT2D eigenvalue weighted by molar-refractivity contribution is -0.113. The second-order valence-electron chi connectivity index (χ2n) is 6.20. The molecule has 0 aliphatic rings. The van der Waals surface area contributed by atoms with Crippen LogP contribution in [0.15, 0.2) is 40.7 Å². The number of methoxy groups -OCH3 is 2. The van der Waals surface area contributed by atoms with Crippen LogP contribution in [-0.4, -0.2) is 36.1 Å². The van der Waals surface area contributed by atoms with Crippen LogP contribution in [-0.2, 0) is 4.79 Å². The van der Waals surface area contributed by atoms with E-state index in [4.69, 9.17) is 9.47 Å². The Morgan fingerprint density at radius 1 is 1.07 bits per heavy atom. The van der Waals surface area contributed by atoms with Crippen LogP contribution in [0.1, 0.15) is 11.1 Å². The van der Waals surface area contributed by atoms with Crippen molar-refractivity contribution >= 4 is 45.5 Å². The van der Waals surface area contributed by atoms with Crippen molar-refractivity contribution in [3.63, 3.8) is 0 Å². The van der Waals surface area contributed by atoms with Gasteiger partial charge in [0, 0.05) is 11.8 Å². The minimum atomic E-state index is -0.166.